The lowest BCUT2D eigenvalue weighted by Crippen LogP contribution is -2.22. The van der Waals surface area contributed by atoms with Gasteiger partial charge in [-0.3, -0.25) is 14.9 Å². The summed E-state index contributed by atoms with van der Waals surface area (Å²) in [5, 5.41) is 16.3. The van der Waals surface area contributed by atoms with Crippen molar-refractivity contribution in [2.45, 2.75) is 39.7 Å². The molecule has 0 saturated carbocycles. The van der Waals surface area contributed by atoms with Gasteiger partial charge in [-0.25, -0.2) is 4.98 Å². The van der Waals surface area contributed by atoms with Gasteiger partial charge in [0, 0.05) is 22.5 Å². The van der Waals surface area contributed by atoms with Gasteiger partial charge in [0.05, 0.1) is 33.2 Å². The fourth-order valence-electron chi connectivity index (χ4n) is 2.99. The van der Waals surface area contributed by atoms with Crippen LogP contribution in [0.15, 0.2) is 44.7 Å². The van der Waals surface area contributed by atoms with E-state index in [-0.39, 0.29) is 28.1 Å². The van der Waals surface area contributed by atoms with Gasteiger partial charge in [-0.15, -0.1) is 0 Å². The average Bonchev–Trinajstić information content (AvgIpc) is 2.69. The number of halogens is 2. The summed E-state index contributed by atoms with van der Waals surface area (Å²) in [6, 6.07) is 8.09. The van der Waals surface area contributed by atoms with Gasteiger partial charge in [0.2, 0.25) is 5.75 Å². The van der Waals surface area contributed by atoms with Gasteiger partial charge in [-0.2, -0.15) is 9.78 Å². The molecule has 1 heterocycles. The smallest absolute Gasteiger partial charge is 0.313 e. The lowest BCUT2D eigenvalue weighted by molar-refractivity contribution is -0.386. The highest BCUT2D eigenvalue weighted by molar-refractivity contribution is 9.10. The minimum atomic E-state index is -0.565. The van der Waals surface area contributed by atoms with Gasteiger partial charge in [-0.1, -0.05) is 34.5 Å². The zero-order valence-electron chi connectivity index (χ0n) is 17.1. The molecule has 0 aliphatic heterocycles. The molecule has 0 radical (unpaired) electrons. The van der Waals surface area contributed by atoms with Crippen molar-refractivity contribution in [3.8, 4) is 5.75 Å². The summed E-state index contributed by atoms with van der Waals surface area (Å²) in [7, 11) is 0. The van der Waals surface area contributed by atoms with E-state index in [1.165, 1.54) is 23.0 Å². The minimum Gasteiger partial charge on any atom is -0.483 e. The Kier molecular flexibility index (Phi) is 7.07. The van der Waals surface area contributed by atoms with E-state index in [1.54, 1.807) is 26.0 Å². The molecule has 31 heavy (non-hydrogen) atoms. The number of hydrogen-bond donors (Lipinski definition) is 0. The van der Waals surface area contributed by atoms with Crippen LogP contribution in [0.25, 0.3) is 10.9 Å². The molecule has 8 nitrogen and oxygen atoms in total. The number of nitro groups is 1. The maximum atomic E-state index is 13.0. The standard InChI is InChI=1S/C21H20BrClN4O4/c1-4-5-19-25-17-7-6-14(22)10-15(17)21(28)26(19)24-11-13-8-16(23)20(31-12(2)3)18(9-13)27(29)30/h6-12H,4-5H2,1-3H3. The Labute approximate surface area is 191 Å². The molecule has 10 heteroatoms. The molecule has 0 amide bonds. The van der Waals surface area contributed by atoms with Gasteiger partial charge in [0.15, 0.2) is 0 Å². The molecule has 0 N–H and O–H groups in total. The van der Waals surface area contributed by atoms with Gasteiger partial charge >= 0.3 is 5.69 Å². The largest absolute Gasteiger partial charge is 0.483 e. The van der Waals surface area contributed by atoms with Crippen LogP contribution in [-0.4, -0.2) is 26.9 Å². The Morgan fingerprint density at radius 2 is 2.10 bits per heavy atom. The Morgan fingerprint density at radius 1 is 1.35 bits per heavy atom. The van der Waals surface area contributed by atoms with Crippen LogP contribution in [0.3, 0.4) is 0 Å². The summed E-state index contributed by atoms with van der Waals surface area (Å²) in [6.07, 6.45) is 2.38. The van der Waals surface area contributed by atoms with Crippen molar-refractivity contribution in [2.75, 3.05) is 0 Å². The van der Waals surface area contributed by atoms with Crippen molar-refractivity contribution >= 4 is 50.3 Å². The maximum absolute atomic E-state index is 13.0. The van der Waals surface area contributed by atoms with E-state index < -0.39 is 4.92 Å². The number of nitrogens with zero attached hydrogens (tertiary/aromatic N) is 4. The number of aromatic nitrogens is 2. The summed E-state index contributed by atoms with van der Waals surface area (Å²) in [6.45, 7) is 5.48. The van der Waals surface area contributed by atoms with Crippen LogP contribution in [-0.2, 0) is 6.42 Å². The first kappa shape index (κ1) is 22.9. The Bertz CT molecular complexity index is 1240. The summed E-state index contributed by atoms with van der Waals surface area (Å²) in [5.41, 5.74) is 0.337. The van der Waals surface area contributed by atoms with E-state index in [2.05, 4.69) is 26.0 Å². The third-order valence-electron chi connectivity index (χ3n) is 4.27. The SMILES string of the molecule is CCCc1nc2ccc(Br)cc2c(=O)n1N=Cc1cc(Cl)c(OC(C)C)c([N+](=O)[O-])c1. The number of ether oxygens (including phenoxy) is 1. The second-order valence-electron chi connectivity index (χ2n) is 7.08. The Hall–Kier alpha value is -2.78. The van der Waals surface area contributed by atoms with Crippen molar-refractivity contribution < 1.29 is 9.66 Å². The molecular weight excluding hydrogens is 488 g/mol. The molecule has 162 valence electrons. The fraction of sp³-hybridized carbons (Fsp3) is 0.286. The molecule has 0 atom stereocenters. The van der Waals surface area contributed by atoms with Crippen LogP contribution >= 0.6 is 27.5 Å². The molecule has 3 rings (SSSR count). The highest BCUT2D eigenvalue weighted by atomic mass is 79.9. The lowest BCUT2D eigenvalue weighted by atomic mass is 10.2. The molecule has 1 aromatic heterocycles. The van der Waals surface area contributed by atoms with Gasteiger partial charge < -0.3 is 4.74 Å². The number of nitro benzene ring substituents is 1. The molecule has 0 fully saturated rings. The second-order valence-corrected chi connectivity index (χ2v) is 8.40. The first-order chi connectivity index (χ1) is 14.7. The van der Waals surface area contributed by atoms with Crippen LogP contribution in [0.1, 0.15) is 38.6 Å². The van der Waals surface area contributed by atoms with Gasteiger partial charge in [-0.05, 0) is 44.5 Å². The summed E-state index contributed by atoms with van der Waals surface area (Å²) < 4.78 is 7.47. The molecule has 0 aliphatic carbocycles. The molecular formula is C21H20BrClN4O4. The van der Waals surface area contributed by atoms with E-state index >= 15 is 0 Å². The first-order valence-corrected chi connectivity index (χ1v) is 10.8. The monoisotopic (exact) mass is 506 g/mol. The number of aryl methyl sites for hydroxylation is 1. The van der Waals surface area contributed by atoms with Crippen LogP contribution in [0.5, 0.6) is 5.75 Å². The van der Waals surface area contributed by atoms with Crippen LogP contribution in [0.4, 0.5) is 5.69 Å². The number of rotatable bonds is 7. The van der Waals surface area contributed by atoms with E-state index in [0.717, 1.165) is 10.9 Å². The highest BCUT2D eigenvalue weighted by Crippen LogP contribution is 2.36. The van der Waals surface area contributed by atoms with Crippen LogP contribution in [0.2, 0.25) is 5.02 Å². The van der Waals surface area contributed by atoms with Crippen molar-refractivity contribution in [3.05, 3.63) is 71.7 Å². The normalized spacial score (nSPS) is 11.5. The Morgan fingerprint density at radius 3 is 2.74 bits per heavy atom. The molecule has 0 spiro atoms. The van der Waals surface area contributed by atoms with Crippen molar-refractivity contribution in [1.29, 1.82) is 0 Å². The van der Waals surface area contributed by atoms with E-state index in [4.69, 9.17) is 16.3 Å². The summed E-state index contributed by atoms with van der Waals surface area (Å²) >= 11 is 9.60. The zero-order chi connectivity index (χ0) is 22.7. The minimum absolute atomic E-state index is 0.000113. The topological polar surface area (TPSA) is 99.6 Å². The number of hydrogen-bond acceptors (Lipinski definition) is 6. The first-order valence-electron chi connectivity index (χ1n) is 9.61. The molecule has 0 aliphatic rings. The van der Waals surface area contributed by atoms with Crippen molar-refractivity contribution in [2.24, 2.45) is 5.10 Å². The summed E-state index contributed by atoms with van der Waals surface area (Å²) in [5.74, 6) is 0.499. The molecule has 0 saturated heterocycles. The van der Waals surface area contributed by atoms with Crippen LogP contribution in [0, 0.1) is 10.1 Å². The van der Waals surface area contributed by atoms with Gasteiger partial charge in [0.1, 0.15) is 5.82 Å². The molecule has 0 unspecified atom stereocenters. The van der Waals surface area contributed by atoms with E-state index in [1.807, 2.05) is 13.0 Å². The number of benzene rings is 2. The fourth-order valence-corrected chi connectivity index (χ4v) is 3.61. The van der Waals surface area contributed by atoms with Crippen molar-refractivity contribution in [1.82, 2.24) is 9.66 Å². The molecule has 0 bridgehead atoms. The predicted molar refractivity (Wildman–Crippen MR) is 125 cm³/mol. The average molecular weight is 508 g/mol. The highest BCUT2D eigenvalue weighted by Gasteiger charge is 2.21. The van der Waals surface area contributed by atoms with E-state index in [0.29, 0.717) is 28.7 Å². The molecule has 3 aromatic rings. The van der Waals surface area contributed by atoms with E-state index in [9.17, 15) is 14.9 Å². The quantitative estimate of drug-likeness (QED) is 0.244. The predicted octanol–water partition coefficient (Wildman–Crippen LogP) is 5.34. The maximum Gasteiger partial charge on any atom is 0.313 e. The van der Waals surface area contributed by atoms with Crippen molar-refractivity contribution in [3.63, 3.8) is 0 Å². The lowest BCUT2D eigenvalue weighted by Gasteiger charge is -2.12. The molecule has 2 aromatic carbocycles. The van der Waals surface area contributed by atoms with Gasteiger partial charge in [0.25, 0.3) is 5.56 Å². The zero-order valence-corrected chi connectivity index (χ0v) is 19.5. The van der Waals surface area contributed by atoms with Crippen LogP contribution < -0.4 is 10.3 Å². The second kappa shape index (κ2) is 9.57. The number of fused-ring (bicyclic) bond motifs is 1. The Balaban J connectivity index is 2.12. The third-order valence-corrected chi connectivity index (χ3v) is 5.04. The summed E-state index contributed by atoms with van der Waals surface area (Å²) in [4.78, 5) is 28.6. The third kappa shape index (κ3) is 5.11.